The Hall–Kier alpha value is -1.29. The molecular weight excluding hydrogens is 365 g/mol. The van der Waals surface area contributed by atoms with Crippen molar-refractivity contribution in [1.82, 2.24) is 14.2 Å². The molecule has 3 N–H and O–H groups in total. The summed E-state index contributed by atoms with van der Waals surface area (Å²) in [5.74, 6) is -0.374. The molecule has 1 aromatic rings. The highest BCUT2D eigenvalue weighted by Gasteiger charge is 2.38. The van der Waals surface area contributed by atoms with Crippen LogP contribution in [0, 0.1) is 12.8 Å². The third kappa shape index (κ3) is 4.16. The number of aromatic nitrogens is 2. The van der Waals surface area contributed by atoms with E-state index in [2.05, 4.69) is 4.98 Å². The van der Waals surface area contributed by atoms with Crippen LogP contribution in [-0.2, 0) is 13.8 Å². The third-order valence-corrected chi connectivity index (χ3v) is 6.57. The molecule has 0 amide bonds. The Labute approximate surface area is 150 Å². The van der Waals surface area contributed by atoms with Crippen LogP contribution < -0.4 is 11.2 Å². The van der Waals surface area contributed by atoms with Crippen LogP contribution in [0.4, 0.5) is 0 Å². The number of ether oxygens (including phenoxy) is 1. The maximum atomic E-state index is 12.3. The average Bonchev–Trinajstić information content (AvgIpc) is 2.98. The van der Waals surface area contributed by atoms with Gasteiger partial charge in [0.15, 0.2) is 0 Å². The molecule has 26 heavy (non-hydrogen) atoms. The first-order chi connectivity index (χ1) is 12.3. The topological polar surface area (TPSA) is 134 Å². The lowest BCUT2D eigenvalue weighted by molar-refractivity contribution is 0.0471. The molecular formula is C15H24N3O7P. The molecule has 0 spiro atoms. The van der Waals surface area contributed by atoms with E-state index in [0.717, 1.165) is 0 Å². The van der Waals surface area contributed by atoms with Crippen LogP contribution in [0.25, 0.3) is 0 Å². The molecule has 3 rings (SSSR count). The maximum absolute atomic E-state index is 12.3. The van der Waals surface area contributed by atoms with Crippen LogP contribution in [0.2, 0.25) is 0 Å². The van der Waals surface area contributed by atoms with E-state index in [1.54, 1.807) is 6.92 Å². The molecule has 0 aromatic carbocycles. The van der Waals surface area contributed by atoms with Crippen molar-refractivity contribution in [2.24, 2.45) is 5.92 Å². The molecule has 10 nitrogen and oxygen atoms in total. The molecule has 146 valence electrons. The zero-order valence-corrected chi connectivity index (χ0v) is 15.4. The van der Waals surface area contributed by atoms with E-state index in [-0.39, 0.29) is 18.6 Å². The molecule has 0 radical (unpaired) electrons. The van der Waals surface area contributed by atoms with Crippen molar-refractivity contribution < 1.29 is 23.8 Å². The minimum Gasteiger partial charge on any atom is -0.393 e. The first-order valence-electron chi connectivity index (χ1n) is 8.58. The van der Waals surface area contributed by atoms with Crippen molar-refractivity contribution in [2.75, 3.05) is 32.9 Å². The number of aromatic amines is 1. The zero-order chi connectivity index (χ0) is 18.9. The minimum absolute atomic E-state index is 0.0834. The predicted molar refractivity (Wildman–Crippen MR) is 92.0 cm³/mol. The summed E-state index contributed by atoms with van der Waals surface area (Å²) in [6.45, 7) is 2.89. The molecule has 1 saturated carbocycles. The van der Waals surface area contributed by atoms with Crippen molar-refractivity contribution in [2.45, 2.75) is 31.9 Å². The van der Waals surface area contributed by atoms with Crippen molar-refractivity contribution in [3.8, 4) is 0 Å². The normalized spacial score (nSPS) is 29.6. The van der Waals surface area contributed by atoms with Crippen LogP contribution >= 0.6 is 7.75 Å². The van der Waals surface area contributed by atoms with Crippen LogP contribution in [0.1, 0.15) is 24.4 Å². The largest absolute Gasteiger partial charge is 0.405 e. The molecule has 2 fully saturated rings. The Balaban J connectivity index is 1.64. The SMILES string of the molecule is Cc1cn([C@@H]2C[C@H](COP(=O)(O)N3CCOCC3)[C@H](O)C2)c(=O)[nH]c1=O. The number of nitrogens with zero attached hydrogens (tertiary/aromatic N) is 2. The second-order valence-corrected chi connectivity index (χ2v) is 8.59. The van der Waals surface area contributed by atoms with Crippen molar-refractivity contribution >= 4 is 7.75 Å². The first-order valence-corrected chi connectivity index (χ1v) is 10.1. The third-order valence-electron chi connectivity index (χ3n) is 4.97. The Bertz CT molecular complexity index is 801. The van der Waals surface area contributed by atoms with Gasteiger partial charge in [0.25, 0.3) is 5.56 Å². The van der Waals surface area contributed by atoms with E-state index in [9.17, 15) is 24.2 Å². The van der Waals surface area contributed by atoms with Crippen LogP contribution in [0.15, 0.2) is 15.8 Å². The van der Waals surface area contributed by atoms with Crippen molar-refractivity contribution in [1.29, 1.82) is 0 Å². The second-order valence-electron chi connectivity index (χ2n) is 6.78. The van der Waals surface area contributed by atoms with Gasteiger partial charge in [0.2, 0.25) is 0 Å². The molecule has 1 saturated heterocycles. The maximum Gasteiger partial charge on any atom is 0.405 e. The van der Waals surface area contributed by atoms with Gasteiger partial charge in [-0.05, 0) is 19.8 Å². The predicted octanol–water partition coefficient (Wildman–Crippen LogP) is -0.394. The number of rotatable bonds is 5. The Kier molecular flexibility index (Phi) is 5.81. The van der Waals surface area contributed by atoms with Crippen LogP contribution in [0.3, 0.4) is 0 Å². The van der Waals surface area contributed by atoms with Gasteiger partial charge in [-0.15, -0.1) is 0 Å². The smallest absolute Gasteiger partial charge is 0.393 e. The summed E-state index contributed by atoms with van der Waals surface area (Å²) in [5.41, 5.74) is -0.553. The van der Waals surface area contributed by atoms with Crippen molar-refractivity contribution in [3.63, 3.8) is 0 Å². The number of aryl methyl sites for hydroxylation is 1. The van der Waals surface area contributed by atoms with Gasteiger partial charge in [-0.1, -0.05) is 0 Å². The van der Waals surface area contributed by atoms with E-state index < -0.39 is 25.1 Å². The lowest BCUT2D eigenvalue weighted by Crippen LogP contribution is -2.35. The van der Waals surface area contributed by atoms with E-state index in [1.807, 2.05) is 0 Å². The quantitative estimate of drug-likeness (QED) is 0.580. The first kappa shape index (κ1) is 19.5. The molecule has 1 aromatic heterocycles. The zero-order valence-electron chi connectivity index (χ0n) is 14.5. The van der Waals surface area contributed by atoms with Gasteiger partial charge in [0.05, 0.1) is 25.9 Å². The van der Waals surface area contributed by atoms with E-state index >= 15 is 0 Å². The summed E-state index contributed by atoms with van der Waals surface area (Å²) in [7, 11) is -3.94. The number of aliphatic hydroxyl groups excluding tert-OH is 1. The molecule has 2 aliphatic rings. The summed E-state index contributed by atoms with van der Waals surface area (Å²) in [6, 6.07) is -0.303. The number of morpholine rings is 1. The summed E-state index contributed by atoms with van der Waals surface area (Å²) in [4.78, 5) is 35.9. The molecule has 0 bridgehead atoms. The van der Waals surface area contributed by atoms with Gasteiger partial charge in [0, 0.05) is 36.8 Å². The fraction of sp³-hybridized carbons (Fsp3) is 0.733. The van der Waals surface area contributed by atoms with Gasteiger partial charge in [-0.25, -0.2) is 14.0 Å². The van der Waals surface area contributed by atoms with E-state index in [4.69, 9.17) is 9.26 Å². The standard InChI is InChI=1S/C15H24N3O7P/c1-10-8-18(15(21)16-14(10)20)12-6-11(13(19)7-12)9-25-26(22,23)17-2-4-24-5-3-17/h8,11-13,19H,2-7,9H2,1H3,(H,22,23)(H,16,20,21)/t11-,12-,13-/m1/s1. The monoisotopic (exact) mass is 389 g/mol. The summed E-state index contributed by atoms with van der Waals surface area (Å²) >= 11 is 0. The molecule has 1 unspecified atom stereocenters. The Morgan fingerprint density at radius 3 is 2.73 bits per heavy atom. The fourth-order valence-electron chi connectivity index (χ4n) is 3.42. The average molecular weight is 389 g/mol. The number of aliphatic hydroxyl groups is 1. The lowest BCUT2D eigenvalue weighted by Gasteiger charge is -2.30. The summed E-state index contributed by atoms with van der Waals surface area (Å²) in [5, 5.41) is 10.3. The van der Waals surface area contributed by atoms with Crippen LogP contribution in [-0.4, -0.2) is 63.2 Å². The van der Waals surface area contributed by atoms with Gasteiger partial charge in [-0.3, -0.25) is 18.9 Å². The minimum atomic E-state index is -3.94. The lowest BCUT2D eigenvalue weighted by atomic mass is 10.1. The number of hydrogen-bond acceptors (Lipinski definition) is 6. The number of hydrogen-bond donors (Lipinski definition) is 3. The Morgan fingerprint density at radius 2 is 2.04 bits per heavy atom. The van der Waals surface area contributed by atoms with Gasteiger partial charge in [0.1, 0.15) is 0 Å². The summed E-state index contributed by atoms with van der Waals surface area (Å²) < 4.78 is 25.5. The highest BCUT2D eigenvalue weighted by atomic mass is 31.2. The number of H-pyrrole nitrogens is 1. The Morgan fingerprint density at radius 1 is 1.35 bits per heavy atom. The van der Waals surface area contributed by atoms with Gasteiger partial charge < -0.3 is 14.7 Å². The number of nitrogens with one attached hydrogen (secondary N) is 1. The molecule has 1 aliphatic carbocycles. The summed E-state index contributed by atoms with van der Waals surface area (Å²) in [6.07, 6.45) is 1.44. The molecule has 1 aliphatic heterocycles. The highest BCUT2D eigenvalue weighted by molar-refractivity contribution is 7.50. The molecule has 2 heterocycles. The second kappa shape index (κ2) is 7.75. The van der Waals surface area contributed by atoms with Crippen LogP contribution in [0.5, 0.6) is 0 Å². The van der Waals surface area contributed by atoms with E-state index in [0.29, 0.717) is 44.7 Å². The fourth-order valence-corrected chi connectivity index (χ4v) is 4.64. The molecule has 4 atom stereocenters. The van der Waals surface area contributed by atoms with Gasteiger partial charge >= 0.3 is 13.4 Å². The van der Waals surface area contributed by atoms with E-state index in [1.165, 1.54) is 15.4 Å². The van der Waals surface area contributed by atoms with Crippen molar-refractivity contribution in [3.05, 3.63) is 32.6 Å². The molecule has 11 heteroatoms. The van der Waals surface area contributed by atoms with Gasteiger partial charge in [-0.2, -0.15) is 0 Å². The highest BCUT2D eigenvalue weighted by Crippen LogP contribution is 2.48.